The predicted octanol–water partition coefficient (Wildman–Crippen LogP) is 5.91. The molecule has 3 rings (SSSR count). The van der Waals surface area contributed by atoms with Crippen LogP contribution in [0.2, 0.25) is 0 Å². The third-order valence-electron chi connectivity index (χ3n) is 8.23. The fourth-order valence-corrected chi connectivity index (χ4v) is 5.89. The minimum Gasteiger partial charge on any atom is -0.465 e. The molecule has 0 spiro atoms. The van der Waals surface area contributed by atoms with E-state index in [1.807, 2.05) is 4.90 Å². The Kier molecular flexibility index (Phi) is 13.8. The van der Waals surface area contributed by atoms with Crippen LogP contribution in [0.15, 0.2) is 24.3 Å². The molecule has 0 radical (unpaired) electrons. The number of piperazine rings is 1. The van der Waals surface area contributed by atoms with Crippen molar-refractivity contribution >= 4 is 11.9 Å². The first kappa shape index (κ1) is 29.9. The molecule has 6 heteroatoms. The molecule has 3 heterocycles. The Morgan fingerprint density at radius 2 is 1.38 bits per heavy atom. The van der Waals surface area contributed by atoms with Crippen LogP contribution in [0.3, 0.4) is 0 Å². The van der Waals surface area contributed by atoms with Gasteiger partial charge in [0.1, 0.15) is 0 Å². The summed E-state index contributed by atoms with van der Waals surface area (Å²) in [6, 6.07) is 0. The summed E-state index contributed by atoms with van der Waals surface area (Å²) < 4.78 is 11.7. The van der Waals surface area contributed by atoms with Crippen molar-refractivity contribution in [2.24, 2.45) is 11.8 Å². The van der Waals surface area contributed by atoms with E-state index in [9.17, 15) is 9.59 Å². The quantitative estimate of drug-likeness (QED) is 0.137. The van der Waals surface area contributed by atoms with Crippen LogP contribution in [-0.2, 0) is 19.1 Å². The molecule has 210 valence electrons. The van der Waals surface area contributed by atoms with Crippen molar-refractivity contribution in [3.8, 4) is 0 Å². The minimum atomic E-state index is -0.421. The van der Waals surface area contributed by atoms with E-state index < -0.39 is 5.92 Å². The normalized spacial score (nSPS) is 26.1. The second-order valence-corrected chi connectivity index (χ2v) is 11.2. The van der Waals surface area contributed by atoms with Gasteiger partial charge in [0.25, 0.3) is 0 Å². The fraction of sp³-hybridized carbons (Fsp3) is 0.806. The summed E-state index contributed by atoms with van der Waals surface area (Å²) >= 11 is 0. The van der Waals surface area contributed by atoms with E-state index in [0.717, 1.165) is 58.3 Å². The molecule has 3 saturated heterocycles. The summed E-state index contributed by atoms with van der Waals surface area (Å²) in [5.74, 6) is -0.903. The summed E-state index contributed by atoms with van der Waals surface area (Å²) in [7, 11) is 2.08. The van der Waals surface area contributed by atoms with Gasteiger partial charge in [-0.2, -0.15) is 0 Å². The second-order valence-electron chi connectivity index (χ2n) is 11.2. The van der Waals surface area contributed by atoms with Gasteiger partial charge in [-0.25, -0.2) is 0 Å². The van der Waals surface area contributed by atoms with Gasteiger partial charge in [-0.15, -0.1) is 0 Å². The molecular formula is C31H52N2O4. The fourth-order valence-electron chi connectivity index (χ4n) is 5.89. The van der Waals surface area contributed by atoms with Crippen molar-refractivity contribution < 1.29 is 19.1 Å². The zero-order chi connectivity index (χ0) is 26.3. The van der Waals surface area contributed by atoms with Gasteiger partial charge in [-0.1, -0.05) is 69.8 Å². The maximum atomic E-state index is 13.3. The van der Waals surface area contributed by atoms with Crippen LogP contribution < -0.4 is 0 Å². The molecule has 4 atom stereocenters. The summed E-state index contributed by atoms with van der Waals surface area (Å²) in [5.41, 5.74) is 0. The van der Waals surface area contributed by atoms with E-state index in [4.69, 9.17) is 9.47 Å². The Morgan fingerprint density at radius 3 is 2.05 bits per heavy atom. The highest BCUT2D eigenvalue weighted by Gasteiger charge is 2.56. The number of likely N-dealkylation sites (N-methyl/N-ethyl adjacent to an activating group) is 1. The van der Waals surface area contributed by atoms with Gasteiger partial charge in [0.15, 0.2) is 0 Å². The molecule has 37 heavy (non-hydrogen) atoms. The van der Waals surface area contributed by atoms with Crippen LogP contribution in [0.4, 0.5) is 0 Å². The zero-order valence-corrected chi connectivity index (χ0v) is 23.6. The van der Waals surface area contributed by atoms with Crippen LogP contribution in [0.25, 0.3) is 0 Å². The van der Waals surface area contributed by atoms with Crippen LogP contribution >= 0.6 is 0 Å². The Hall–Kier alpha value is -1.66. The smallest absolute Gasteiger partial charge is 0.312 e. The molecule has 0 saturated carbocycles. The van der Waals surface area contributed by atoms with E-state index in [1.165, 1.54) is 57.8 Å². The first-order valence-electron chi connectivity index (χ1n) is 15.2. The van der Waals surface area contributed by atoms with Gasteiger partial charge >= 0.3 is 5.97 Å². The SMILES string of the molecule is CCCCC/C=C/C/C=C/CCCCCCCCOC(=O)C1C2CCC(O2)[C@@H]1C(=O)N1CCN(C)CC1. The van der Waals surface area contributed by atoms with E-state index in [2.05, 4.69) is 43.2 Å². The van der Waals surface area contributed by atoms with Crippen molar-refractivity contribution in [3.63, 3.8) is 0 Å². The molecule has 3 aliphatic rings. The molecule has 0 aromatic rings. The minimum absolute atomic E-state index is 0.0935. The van der Waals surface area contributed by atoms with Gasteiger partial charge in [0.05, 0.1) is 30.7 Å². The molecular weight excluding hydrogens is 464 g/mol. The average Bonchev–Trinajstić information content (AvgIpc) is 3.52. The van der Waals surface area contributed by atoms with Crippen molar-refractivity contribution in [2.45, 2.75) is 109 Å². The number of carbonyl (C=O) groups is 2. The topological polar surface area (TPSA) is 59.1 Å². The van der Waals surface area contributed by atoms with Crippen LogP contribution in [-0.4, -0.2) is 73.7 Å². The molecule has 0 aromatic carbocycles. The lowest BCUT2D eigenvalue weighted by atomic mass is 9.78. The van der Waals surface area contributed by atoms with E-state index in [0.29, 0.717) is 6.61 Å². The van der Waals surface area contributed by atoms with Gasteiger partial charge < -0.3 is 19.3 Å². The van der Waals surface area contributed by atoms with Gasteiger partial charge in [0.2, 0.25) is 5.91 Å². The maximum absolute atomic E-state index is 13.3. The monoisotopic (exact) mass is 516 g/mol. The number of unbranched alkanes of at least 4 members (excludes halogenated alkanes) is 9. The highest BCUT2D eigenvalue weighted by molar-refractivity contribution is 5.87. The largest absolute Gasteiger partial charge is 0.465 e. The van der Waals surface area contributed by atoms with E-state index in [-0.39, 0.29) is 30.0 Å². The zero-order valence-electron chi connectivity index (χ0n) is 23.6. The third kappa shape index (κ3) is 9.86. The molecule has 3 fully saturated rings. The maximum Gasteiger partial charge on any atom is 0.312 e. The number of hydrogen-bond donors (Lipinski definition) is 0. The lowest BCUT2D eigenvalue weighted by Gasteiger charge is -2.36. The number of rotatable bonds is 17. The van der Waals surface area contributed by atoms with E-state index >= 15 is 0 Å². The average molecular weight is 517 g/mol. The Bertz CT molecular complexity index is 729. The standard InChI is InChI=1S/C31H52N2O4/c1-3-4-5-6-7-8-9-10-11-12-13-14-15-16-17-18-25-36-31(35)29-27-20-19-26(37-27)28(29)30(34)33-23-21-32(2)22-24-33/h7-8,10-11,26-29H,3-6,9,12-25H2,1-2H3/b8-7+,11-10+/t26?,27?,28-,29?/m0/s1. The van der Waals surface area contributed by atoms with E-state index in [1.54, 1.807) is 0 Å². The number of amides is 1. The molecule has 0 aromatic heterocycles. The van der Waals surface area contributed by atoms with Crippen molar-refractivity contribution in [3.05, 3.63) is 24.3 Å². The molecule has 0 aliphatic carbocycles. The van der Waals surface area contributed by atoms with Crippen molar-refractivity contribution in [1.82, 2.24) is 9.80 Å². The Balaban J connectivity index is 1.21. The number of carbonyl (C=O) groups excluding carboxylic acids is 2. The number of fused-ring (bicyclic) bond motifs is 2. The summed E-state index contributed by atoms with van der Waals surface area (Å²) in [6.45, 7) is 5.94. The van der Waals surface area contributed by atoms with Crippen molar-refractivity contribution in [1.29, 1.82) is 0 Å². The Morgan fingerprint density at radius 1 is 0.784 bits per heavy atom. The van der Waals surface area contributed by atoms with Crippen molar-refractivity contribution in [2.75, 3.05) is 39.8 Å². The molecule has 3 aliphatic heterocycles. The highest BCUT2D eigenvalue weighted by Crippen LogP contribution is 2.45. The highest BCUT2D eigenvalue weighted by atomic mass is 16.5. The summed E-state index contributed by atoms with van der Waals surface area (Å²) in [4.78, 5) is 30.4. The molecule has 0 N–H and O–H groups in total. The number of allylic oxidation sites excluding steroid dienone is 4. The number of nitrogens with zero attached hydrogens (tertiary/aromatic N) is 2. The number of ether oxygens (including phenoxy) is 2. The summed E-state index contributed by atoms with van der Waals surface area (Å²) in [6.07, 6.45) is 25.0. The number of esters is 1. The lowest BCUT2D eigenvalue weighted by Crippen LogP contribution is -2.52. The molecule has 6 nitrogen and oxygen atoms in total. The first-order chi connectivity index (χ1) is 18.1. The van der Waals surface area contributed by atoms with Gasteiger partial charge in [0, 0.05) is 26.2 Å². The van der Waals surface area contributed by atoms with Gasteiger partial charge in [-0.05, 0) is 58.4 Å². The van der Waals surface area contributed by atoms with Crippen LogP contribution in [0.1, 0.15) is 96.8 Å². The molecule has 1 amide bonds. The molecule has 3 unspecified atom stereocenters. The van der Waals surface area contributed by atoms with Gasteiger partial charge in [-0.3, -0.25) is 9.59 Å². The third-order valence-corrected chi connectivity index (χ3v) is 8.23. The van der Waals surface area contributed by atoms with Crippen LogP contribution in [0.5, 0.6) is 0 Å². The van der Waals surface area contributed by atoms with Crippen LogP contribution in [0, 0.1) is 11.8 Å². The Labute approximate surface area is 225 Å². The second kappa shape index (κ2) is 17.0. The summed E-state index contributed by atoms with van der Waals surface area (Å²) in [5, 5.41) is 0. The molecule has 2 bridgehead atoms. The lowest BCUT2D eigenvalue weighted by molar-refractivity contribution is -0.156. The number of hydrogen-bond acceptors (Lipinski definition) is 5. The first-order valence-corrected chi connectivity index (χ1v) is 15.2. The predicted molar refractivity (Wildman–Crippen MR) is 149 cm³/mol.